The molecule has 0 saturated carbocycles. The lowest BCUT2D eigenvalue weighted by atomic mass is 10.1. The molecule has 1 rings (SSSR count). The molecule has 1 atom stereocenters. The van der Waals surface area contributed by atoms with Gasteiger partial charge in [-0.1, -0.05) is 0 Å². The number of carbonyl (C=O) groups is 3. The molecule has 1 aromatic rings. The van der Waals surface area contributed by atoms with Crippen LogP contribution >= 0.6 is 0 Å². The SMILES string of the molecule is [2H]C([2H])(C(=O)O)C([2H])([2H])C(NC(=O)[13c]1[13cH][13cH][13c](N)[13cH][13cH]1)C(=O)O. The van der Waals surface area contributed by atoms with Gasteiger partial charge in [-0.25, -0.2) is 4.79 Å². The van der Waals surface area contributed by atoms with Crippen molar-refractivity contribution in [2.75, 3.05) is 5.73 Å². The van der Waals surface area contributed by atoms with Gasteiger partial charge in [0.2, 0.25) is 0 Å². The van der Waals surface area contributed by atoms with Crippen LogP contribution in [0.2, 0.25) is 0 Å². The van der Waals surface area contributed by atoms with E-state index in [-0.39, 0.29) is 5.56 Å². The molecular weight excluding hydrogens is 258 g/mol. The molecule has 0 aliphatic heterocycles. The largest absolute Gasteiger partial charge is 0.481 e. The van der Waals surface area contributed by atoms with Crippen LogP contribution in [0.5, 0.6) is 0 Å². The number of carboxylic acids is 2. The maximum absolute atomic E-state index is 12.0. The zero-order valence-electron chi connectivity index (χ0n) is 13.6. The minimum absolute atomic E-state index is 0.0443. The summed E-state index contributed by atoms with van der Waals surface area (Å²) in [6, 6.07) is 2.81. The summed E-state index contributed by atoms with van der Waals surface area (Å²) in [5.74, 6) is -5.11. The van der Waals surface area contributed by atoms with Crippen LogP contribution in [-0.2, 0) is 9.59 Å². The fraction of sp³-hybridized carbons (Fsp3) is 0.250. The number of anilines is 1. The maximum Gasteiger partial charge on any atom is 0.326 e. The molecule has 0 aromatic heterocycles. The van der Waals surface area contributed by atoms with Crippen molar-refractivity contribution in [3.8, 4) is 0 Å². The third-order valence-electron chi connectivity index (χ3n) is 2.02. The number of hydrogen-bond acceptors (Lipinski definition) is 4. The molecule has 0 aliphatic carbocycles. The van der Waals surface area contributed by atoms with E-state index in [1.54, 1.807) is 5.32 Å². The fourth-order valence-electron chi connectivity index (χ4n) is 1.14. The second kappa shape index (κ2) is 6.39. The molecule has 0 saturated heterocycles. The van der Waals surface area contributed by atoms with Gasteiger partial charge in [-0.2, -0.15) is 0 Å². The minimum atomic E-state index is -3.54. The molecule has 0 bridgehead atoms. The number of aliphatic carboxylic acids is 2. The Kier molecular flexibility index (Phi) is 3.15. The van der Waals surface area contributed by atoms with Crippen molar-refractivity contribution in [2.24, 2.45) is 0 Å². The summed E-state index contributed by atoms with van der Waals surface area (Å²) in [7, 11) is 0. The summed E-state index contributed by atoms with van der Waals surface area (Å²) in [6.45, 7) is 0. The Morgan fingerprint density at radius 3 is 2.32 bits per heavy atom. The van der Waals surface area contributed by atoms with Gasteiger partial charge in [-0.15, -0.1) is 0 Å². The van der Waals surface area contributed by atoms with Gasteiger partial charge in [0.25, 0.3) is 5.91 Å². The van der Waals surface area contributed by atoms with E-state index in [9.17, 15) is 14.4 Å². The van der Waals surface area contributed by atoms with E-state index in [2.05, 4.69) is 0 Å². The molecule has 1 aromatic carbocycles. The van der Waals surface area contributed by atoms with Crippen LogP contribution < -0.4 is 11.1 Å². The van der Waals surface area contributed by atoms with E-state index < -0.39 is 36.6 Å². The maximum atomic E-state index is 12.0. The number of benzene rings is 1. The van der Waals surface area contributed by atoms with Crippen molar-refractivity contribution in [3.63, 3.8) is 0 Å². The summed E-state index contributed by atoms with van der Waals surface area (Å²) in [4.78, 5) is 34.0. The van der Waals surface area contributed by atoms with Gasteiger partial charge in [0.15, 0.2) is 0 Å². The summed E-state index contributed by atoms with van der Waals surface area (Å²) in [5.41, 5.74) is 5.73. The van der Waals surface area contributed by atoms with E-state index >= 15 is 0 Å². The molecule has 1 unspecified atom stereocenters. The van der Waals surface area contributed by atoms with Crippen LogP contribution in [0.4, 0.5) is 5.69 Å². The smallest absolute Gasteiger partial charge is 0.326 e. The second-order valence-electron chi connectivity index (χ2n) is 3.44. The highest BCUT2D eigenvalue weighted by Crippen LogP contribution is 2.06. The highest BCUT2D eigenvalue weighted by molar-refractivity contribution is 5.96. The average Bonchev–Trinajstić information content (AvgIpc) is 2.44. The number of nitrogen functional groups attached to an aromatic ring is 1. The topological polar surface area (TPSA) is 130 Å². The van der Waals surface area contributed by atoms with Crippen molar-refractivity contribution in [2.45, 2.75) is 18.8 Å². The van der Waals surface area contributed by atoms with Crippen LogP contribution in [0.15, 0.2) is 24.3 Å². The molecule has 0 fully saturated rings. The summed E-state index contributed by atoms with van der Waals surface area (Å²) in [5, 5.41) is 19.6. The van der Waals surface area contributed by atoms with Crippen LogP contribution in [0, 0.1) is 0 Å². The lowest BCUT2D eigenvalue weighted by Gasteiger charge is -2.13. The van der Waals surface area contributed by atoms with Gasteiger partial charge in [0.05, 0.1) is 0 Å². The molecule has 0 heterocycles. The van der Waals surface area contributed by atoms with Gasteiger partial charge >= 0.3 is 11.9 Å². The number of rotatable bonds is 6. The van der Waals surface area contributed by atoms with Gasteiger partial charge in [-0.05, 0) is 30.6 Å². The predicted octanol–water partition coefficient (Wildman–Crippen LogP) is 0.317. The Hall–Kier alpha value is -2.57. The third-order valence-corrected chi connectivity index (χ3v) is 2.02. The lowest BCUT2D eigenvalue weighted by Crippen LogP contribution is -2.41. The van der Waals surface area contributed by atoms with E-state index in [1.165, 1.54) is 24.3 Å². The zero-order chi connectivity index (χ0) is 18.0. The van der Waals surface area contributed by atoms with E-state index in [4.69, 9.17) is 21.4 Å². The highest BCUT2D eigenvalue weighted by atomic mass is 16.4. The zero-order valence-corrected chi connectivity index (χ0v) is 9.58. The van der Waals surface area contributed by atoms with Gasteiger partial charge in [0, 0.05) is 23.1 Å². The number of carbonyl (C=O) groups excluding carboxylic acids is 1. The fourth-order valence-corrected chi connectivity index (χ4v) is 1.14. The first-order valence-electron chi connectivity index (χ1n) is 7.04. The number of nitrogens with one attached hydrogen (secondary N) is 1. The molecule has 102 valence electrons. The Balaban J connectivity index is 3.13. The van der Waals surface area contributed by atoms with Crippen LogP contribution in [0.25, 0.3) is 0 Å². The normalized spacial score (nSPS) is 16.2. The molecule has 0 spiro atoms. The molecule has 0 aliphatic rings. The molecule has 1 amide bonds. The molecule has 5 N–H and O–H groups in total. The molecule has 19 heavy (non-hydrogen) atoms. The minimum Gasteiger partial charge on any atom is -0.481 e. The first-order chi connectivity index (χ1) is 10.4. The Labute approximate surface area is 114 Å². The average molecular weight is 276 g/mol. The Bertz CT molecular complexity index is 633. The first-order valence-corrected chi connectivity index (χ1v) is 5.04. The van der Waals surface area contributed by atoms with Gasteiger partial charge < -0.3 is 21.3 Å². The van der Waals surface area contributed by atoms with E-state index in [1.807, 2.05) is 0 Å². The van der Waals surface area contributed by atoms with E-state index in [0.717, 1.165) is 0 Å². The van der Waals surface area contributed by atoms with Crippen molar-refractivity contribution < 1.29 is 30.1 Å². The van der Waals surface area contributed by atoms with Gasteiger partial charge in [0.1, 0.15) is 6.04 Å². The molecule has 7 nitrogen and oxygen atoms in total. The lowest BCUT2D eigenvalue weighted by molar-refractivity contribution is -0.140. The summed E-state index contributed by atoms with van der Waals surface area (Å²) < 4.78 is 29.6. The highest BCUT2D eigenvalue weighted by Gasteiger charge is 2.21. The van der Waals surface area contributed by atoms with Crippen molar-refractivity contribution in [3.05, 3.63) is 29.8 Å². The monoisotopic (exact) mass is 276 g/mol. The molecule has 0 radical (unpaired) electrons. The van der Waals surface area contributed by atoms with Crippen molar-refractivity contribution in [1.29, 1.82) is 0 Å². The number of nitrogens with two attached hydrogens (primary N) is 1. The molecular formula is C12H14N2O5. The third kappa shape index (κ3) is 4.66. The summed E-state index contributed by atoms with van der Waals surface area (Å²) >= 11 is 0. The van der Waals surface area contributed by atoms with Crippen LogP contribution in [0.1, 0.15) is 28.6 Å². The van der Waals surface area contributed by atoms with Crippen molar-refractivity contribution in [1.82, 2.24) is 5.32 Å². The summed E-state index contributed by atoms with van der Waals surface area (Å²) in [6.07, 6.45) is -6.95. The number of amides is 1. The predicted molar refractivity (Wildman–Crippen MR) is 66.6 cm³/mol. The molecule has 7 heteroatoms. The first kappa shape index (κ1) is 9.37. The van der Waals surface area contributed by atoms with Crippen molar-refractivity contribution >= 4 is 23.5 Å². The quantitative estimate of drug-likeness (QED) is 0.553. The van der Waals surface area contributed by atoms with Crippen LogP contribution in [-0.4, -0.2) is 34.1 Å². The Morgan fingerprint density at radius 1 is 1.26 bits per heavy atom. The van der Waals surface area contributed by atoms with Gasteiger partial charge in [-0.3, -0.25) is 9.59 Å². The standard InChI is InChI=1S/C12H14N2O5/c13-8-3-1-7(2-4-8)11(17)14-9(12(18)19)5-6-10(15)16/h1-4,9H,5-6,13H2,(H,14,17)(H,15,16)(H,18,19)/i1+1,2+1,3+1,4+1,5D2,6D2,7+1,8+1. The van der Waals surface area contributed by atoms with E-state index in [0.29, 0.717) is 5.69 Å². The number of hydrogen-bond donors (Lipinski definition) is 4. The number of carboxylic acid groups (broad SMARTS) is 2. The Morgan fingerprint density at radius 2 is 1.84 bits per heavy atom. The second-order valence-corrected chi connectivity index (χ2v) is 3.44. The van der Waals surface area contributed by atoms with Crippen LogP contribution in [0.3, 0.4) is 0 Å².